The topological polar surface area (TPSA) is 122 Å². The third-order valence-electron chi connectivity index (χ3n) is 5.23. The summed E-state index contributed by atoms with van der Waals surface area (Å²) in [5, 5.41) is 9.47. The van der Waals surface area contributed by atoms with Crippen molar-refractivity contribution in [2.45, 2.75) is 18.4 Å². The molecule has 0 radical (unpaired) electrons. The molecule has 10 nitrogen and oxygen atoms in total. The van der Waals surface area contributed by atoms with Crippen molar-refractivity contribution in [3.05, 3.63) is 60.1 Å². The van der Waals surface area contributed by atoms with Gasteiger partial charge in [0.25, 0.3) is 10.0 Å². The number of nitrogens with one attached hydrogen (secondary N) is 1. The number of aryl methyl sites for hydroxylation is 1. The van der Waals surface area contributed by atoms with Gasteiger partial charge in [-0.15, -0.1) is 0 Å². The van der Waals surface area contributed by atoms with Gasteiger partial charge in [-0.1, -0.05) is 11.2 Å². The molecule has 0 amide bonds. The summed E-state index contributed by atoms with van der Waals surface area (Å²) in [6.07, 6.45) is 3.55. The van der Waals surface area contributed by atoms with E-state index in [9.17, 15) is 8.42 Å². The van der Waals surface area contributed by atoms with E-state index < -0.39 is 10.0 Å². The van der Waals surface area contributed by atoms with E-state index in [1.54, 1.807) is 16.9 Å². The fourth-order valence-electron chi connectivity index (χ4n) is 3.82. The SMILES string of the molecule is COc1cccc(OC)c1S(=O)(=O)Nc1noc2cc(Cn3cccn3)c3cc(C)oc3c12. The number of aromatic nitrogens is 3. The van der Waals surface area contributed by atoms with Gasteiger partial charge >= 0.3 is 0 Å². The Hall–Kier alpha value is -3.99. The molecule has 0 spiro atoms. The number of fused-ring (bicyclic) bond motifs is 3. The number of ether oxygens (including phenoxy) is 2. The molecule has 0 atom stereocenters. The Labute approximate surface area is 188 Å². The zero-order valence-corrected chi connectivity index (χ0v) is 18.8. The molecular weight excluding hydrogens is 448 g/mol. The average Bonchev–Trinajstić information content (AvgIpc) is 3.53. The Morgan fingerprint density at radius 1 is 1.12 bits per heavy atom. The highest BCUT2D eigenvalue weighted by molar-refractivity contribution is 7.93. The molecule has 0 aliphatic rings. The lowest BCUT2D eigenvalue weighted by Crippen LogP contribution is -2.15. The minimum Gasteiger partial charge on any atom is -0.495 e. The lowest BCUT2D eigenvalue weighted by Gasteiger charge is -2.13. The summed E-state index contributed by atoms with van der Waals surface area (Å²) in [6.45, 7) is 2.30. The van der Waals surface area contributed by atoms with Crippen molar-refractivity contribution in [2.75, 3.05) is 18.9 Å². The summed E-state index contributed by atoms with van der Waals surface area (Å²) in [6, 6.07) is 10.2. The van der Waals surface area contributed by atoms with Gasteiger partial charge in [-0.2, -0.15) is 5.10 Å². The molecule has 0 aliphatic heterocycles. The number of benzene rings is 2. The molecule has 0 saturated carbocycles. The number of sulfonamides is 1. The highest BCUT2D eigenvalue weighted by Gasteiger charge is 2.28. The van der Waals surface area contributed by atoms with Gasteiger partial charge in [-0.3, -0.25) is 9.40 Å². The van der Waals surface area contributed by atoms with Crippen LogP contribution < -0.4 is 14.2 Å². The van der Waals surface area contributed by atoms with E-state index in [0.717, 1.165) is 10.9 Å². The summed E-state index contributed by atoms with van der Waals surface area (Å²) < 4.78 is 52.9. The Balaban J connectivity index is 1.64. The second kappa shape index (κ2) is 7.85. The molecule has 3 aromatic heterocycles. The van der Waals surface area contributed by atoms with E-state index in [-0.39, 0.29) is 22.2 Å². The maximum Gasteiger partial charge on any atom is 0.270 e. The van der Waals surface area contributed by atoms with Gasteiger partial charge in [-0.25, -0.2) is 8.42 Å². The highest BCUT2D eigenvalue weighted by atomic mass is 32.2. The first-order valence-electron chi connectivity index (χ1n) is 9.94. The minimum atomic E-state index is -4.15. The number of hydrogen-bond donors (Lipinski definition) is 1. The molecule has 0 unspecified atom stereocenters. The van der Waals surface area contributed by atoms with E-state index in [2.05, 4.69) is 15.0 Å². The molecule has 33 heavy (non-hydrogen) atoms. The first kappa shape index (κ1) is 20.9. The number of hydrogen-bond acceptors (Lipinski definition) is 8. The van der Waals surface area contributed by atoms with E-state index in [1.807, 2.05) is 31.3 Å². The lowest BCUT2D eigenvalue weighted by atomic mass is 10.1. The molecule has 1 N–H and O–H groups in total. The van der Waals surface area contributed by atoms with Crippen molar-refractivity contribution in [3.63, 3.8) is 0 Å². The second-order valence-corrected chi connectivity index (χ2v) is 8.96. The standard InChI is InChI=1S/C22H20N4O6S/c1-13-10-15-14(12-26-9-5-8-23-26)11-18-19(20(15)31-13)22(24-32-18)25-33(27,28)21-16(29-2)6-4-7-17(21)30-3/h4-11H,12H2,1-3H3,(H,24,25). The van der Waals surface area contributed by atoms with Gasteiger partial charge in [0.15, 0.2) is 16.3 Å². The Morgan fingerprint density at radius 3 is 2.55 bits per heavy atom. The third-order valence-corrected chi connectivity index (χ3v) is 6.63. The number of methoxy groups -OCH3 is 2. The summed E-state index contributed by atoms with van der Waals surface area (Å²) >= 11 is 0. The maximum absolute atomic E-state index is 13.3. The molecular formula is C22H20N4O6S. The minimum absolute atomic E-state index is 0.00273. The van der Waals surface area contributed by atoms with Gasteiger partial charge in [-0.05, 0) is 42.8 Å². The van der Waals surface area contributed by atoms with Crippen LogP contribution in [-0.2, 0) is 16.6 Å². The van der Waals surface area contributed by atoms with Gasteiger partial charge in [0.05, 0.1) is 20.8 Å². The first-order valence-corrected chi connectivity index (χ1v) is 11.4. The van der Waals surface area contributed by atoms with Crippen molar-refractivity contribution in [1.29, 1.82) is 0 Å². The molecule has 3 heterocycles. The molecule has 11 heteroatoms. The van der Waals surface area contributed by atoms with Crippen LogP contribution in [0, 0.1) is 6.92 Å². The number of nitrogens with zero attached hydrogens (tertiary/aromatic N) is 3. The van der Waals surface area contributed by atoms with E-state index >= 15 is 0 Å². The van der Waals surface area contributed by atoms with Crippen LogP contribution >= 0.6 is 0 Å². The van der Waals surface area contributed by atoms with E-state index in [4.69, 9.17) is 18.4 Å². The first-order chi connectivity index (χ1) is 15.9. The monoisotopic (exact) mass is 468 g/mol. The van der Waals surface area contributed by atoms with Crippen LogP contribution in [0.1, 0.15) is 11.3 Å². The van der Waals surface area contributed by atoms with Crippen LogP contribution in [0.5, 0.6) is 11.5 Å². The van der Waals surface area contributed by atoms with Gasteiger partial charge in [0, 0.05) is 17.8 Å². The van der Waals surface area contributed by atoms with Crippen molar-refractivity contribution in [1.82, 2.24) is 14.9 Å². The van der Waals surface area contributed by atoms with Crippen LogP contribution in [0.3, 0.4) is 0 Å². The smallest absolute Gasteiger partial charge is 0.270 e. The Bertz CT molecular complexity index is 1550. The number of anilines is 1. The largest absolute Gasteiger partial charge is 0.495 e. The lowest BCUT2D eigenvalue weighted by molar-refractivity contribution is 0.373. The highest BCUT2D eigenvalue weighted by Crippen LogP contribution is 2.39. The Kier molecular flexibility index (Phi) is 4.97. The van der Waals surface area contributed by atoms with Crippen LogP contribution in [0.2, 0.25) is 0 Å². The van der Waals surface area contributed by atoms with Crippen molar-refractivity contribution in [2.24, 2.45) is 0 Å². The zero-order valence-electron chi connectivity index (χ0n) is 18.0. The summed E-state index contributed by atoms with van der Waals surface area (Å²) in [5.41, 5.74) is 1.75. The Morgan fingerprint density at radius 2 is 1.88 bits per heavy atom. The fraction of sp³-hybridized carbons (Fsp3) is 0.182. The van der Waals surface area contributed by atoms with Crippen molar-refractivity contribution in [3.8, 4) is 11.5 Å². The van der Waals surface area contributed by atoms with E-state index in [1.165, 1.54) is 26.4 Å². The number of furan rings is 1. The molecule has 0 aliphatic carbocycles. The summed E-state index contributed by atoms with van der Waals surface area (Å²) in [7, 11) is -1.38. The quantitative estimate of drug-likeness (QED) is 0.381. The summed E-state index contributed by atoms with van der Waals surface area (Å²) in [4.78, 5) is -0.145. The van der Waals surface area contributed by atoms with Gasteiger partial charge < -0.3 is 18.4 Å². The normalized spacial score (nSPS) is 11.8. The molecule has 0 saturated heterocycles. The predicted octanol–water partition coefficient (Wildman–Crippen LogP) is 3.95. The fourth-order valence-corrected chi connectivity index (χ4v) is 5.15. The summed E-state index contributed by atoms with van der Waals surface area (Å²) in [5.74, 6) is 0.939. The van der Waals surface area contributed by atoms with Crippen LogP contribution in [0.15, 0.2) is 62.6 Å². The maximum atomic E-state index is 13.3. The number of rotatable bonds is 7. The van der Waals surface area contributed by atoms with Gasteiger partial charge in [0.1, 0.15) is 28.2 Å². The molecule has 0 bridgehead atoms. The molecule has 170 valence electrons. The van der Waals surface area contributed by atoms with Crippen LogP contribution in [0.4, 0.5) is 5.82 Å². The van der Waals surface area contributed by atoms with Crippen molar-refractivity contribution < 1.29 is 26.8 Å². The predicted molar refractivity (Wildman–Crippen MR) is 120 cm³/mol. The molecule has 5 aromatic rings. The van der Waals surface area contributed by atoms with Gasteiger partial charge in [0.2, 0.25) is 0 Å². The van der Waals surface area contributed by atoms with Crippen LogP contribution in [0.25, 0.3) is 21.9 Å². The molecule has 0 fully saturated rings. The third kappa shape index (κ3) is 3.55. The van der Waals surface area contributed by atoms with E-state index in [0.29, 0.717) is 28.9 Å². The molecule has 2 aromatic carbocycles. The average molecular weight is 468 g/mol. The second-order valence-electron chi connectivity index (χ2n) is 7.34. The van der Waals surface area contributed by atoms with Crippen molar-refractivity contribution >= 4 is 37.8 Å². The molecule has 5 rings (SSSR count). The zero-order chi connectivity index (χ0) is 23.2. The van der Waals surface area contributed by atoms with Crippen LogP contribution in [-0.4, -0.2) is 37.6 Å².